The third kappa shape index (κ3) is 14.7. The molecule has 1 aliphatic carbocycles. The molecule has 0 heterocycles. The number of aliphatic carboxylic acids is 1. The zero-order chi connectivity index (χ0) is 24.3. The van der Waals surface area contributed by atoms with E-state index < -0.39 is 5.97 Å². The predicted molar refractivity (Wildman–Crippen MR) is 137 cm³/mol. The first kappa shape index (κ1) is 30.0. The van der Waals surface area contributed by atoms with Crippen molar-refractivity contribution in [3.8, 4) is 0 Å². The maximum absolute atomic E-state index is 12.4. The van der Waals surface area contributed by atoms with E-state index in [1.54, 1.807) is 0 Å². The van der Waals surface area contributed by atoms with Crippen LogP contribution in [0.1, 0.15) is 149 Å². The van der Waals surface area contributed by atoms with Gasteiger partial charge in [0.2, 0.25) is 0 Å². The fourth-order valence-corrected chi connectivity index (χ4v) is 5.43. The van der Waals surface area contributed by atoms with E-state index in [9.17, 15) is 9.59 Å². The second-order valence-electron chi connectivity index (χ2n) is 10.7. The summed E-state index contributed by atoms with van der Waals surface area (Å²) in [7, 11) is 0. The van der Waals surface area contributed by atoms with Gasteiger partial charge in [0, 0.05) is 6.42 Å². The molecule has 0 amide bonds. The van der Waals surface area contributed by atoms with Crippen molar-refractivity contribution in [2.75, 3.05) is 0 Å². The molecule has 1 fully saturated rings. The third-order valence-corrected chi connectivity index (χ3v) is 7.72. The van der Waals surface area contributed by atoms with Crippen molar-refractivity contribution >= 4 is 11.9 Å². The van der Waals surface area contributed by atoms with Crippen molar-refractivity contribution in [2.24, 2.45) is 17.8 Å². The molecular formula is C29H54O4. The minimum atomic E-state index is -0.670. The number of carbonyl (C=O) groups excluding carboxylic acids is 1. The van der Waals surface area contributed by atoms with E-state index in [4.69, 9.17) is 9.84 Å². The summed E-state index contributed by atoms with van der Waals surface area (Å²) in [6.45, 7) is 6.25. The van der Waals surface area contributed by atoms with Gasteiger partial charge in [0.05, 0.1) is 5.92 Å². The summed E-state index contributed by atoms with van der Waals surface area (Å²) in [5.74, 6) is 0.729. The molecule has 0 bridgehead atoms. The maximum atomic E-state index is 12.4. The van der Waals surface area contributed by atoms with Crippen LogP contribution in [0.5, 0.6) is 0 Å². The van der Waals surface area contributed by atoms with Crippen molar-refractivity contribution < 1.29 is 19.4 Å². The third-order valence-electron chi connectivity index (χ3n) is 7.72. The van der Waals surface area contributed by atoms with Crippen LogP contribution in [0.25, 0.3) is 0 Å². The Morgan fingerprint density at radius 1 is 0.788 bits per heavy atom. The molecule has 0 aromatic heterocycles. The maximum Gasteiger partial charge on any atom is 0.306 e. The highest BCUT2D eigenvalue weighted by molar-refractivity contribution is 5.69. The van der Waals surface area contributed by atoms with E-state index >= 15 is 0 Å². The van der Waals surface area contributed by atoms with E-state index in [0.29, 0.717) is 6.42 Å². The van der Waals surface area contributed by atoms with E-state index in [0.717, 1.165) is 63.2 Å². The molecule has 0 aliphatic heterocycles. The molecule has 0 radical (unpaired) electrons. The summed E-state index contributed by atoms with van der Waals surface area (Å²) in [4.78, 5) is 23.4. The number of esters is 1. The summed E-state index contributed by atoms with van der Waals surface area (Å²) in [6, 6.07) is 0. The molecule has 194 valence electrons. The molecule has 1 N–H and O–H groups in total. The molecule has 4 atom stereocenters. The quantitative estimate of drug-likeness (QED) is 0.136. The first-order valence-electron chi connectivity index (χ1n) is 14.4. The molecule has 4 nitrogen and oxygen atoms in total. The van der Waals surface area contributed by atoms with Gasteiger partial charge < -0.3 is 9.84 Å². The van der Waals surface area contributed by atoms with Crippen LogP contribution >= 0.6 is 0 Å². The van der Waals surface area contributed by atoms with Gasteiger partial charge in [-0.25, -0.2) is 0 Å². The molecule has 1 unspecified atom stereocenters. The highest BCUT2D eigenvalue weighted by Gasteiger charge is 2.28. The van der Waals surface area contributed by atoms with Crippen LogP contribution in [0.15, 0.2) is 0 Å². The zero-order valence-electron chi connectivity index (χ0n) is 22.1. The summed E-state index contributed by atoms with van der Waals surface area (Å²) >= 11 is 0. The van der Waals surface area contributed by atoms with Gasteiger partial charge in [-0.3, -0.25) is 9.59 Å². The number of ether oxygens (including phenoxy) is 1. The zero-order valence-corrected chi connectivity index (χ0v) is 22.1. The van der Waals surface area contributed by atoms with Crippen LogP contribution in [-0.2, 0) is 14.3 Å². The SMILES string of the molecule is CCCCCCCC(=O)O[C@@H](CCCCC)CC[C@H]1CCC[C@@H]1CCCCCC(C)C(=O)O. The second kappa shape index (κ2) is 19.3. The molecule has 33 heavy (non-hydrogen) atoms. The summed E-state index contributed by atoms with van der Waals surface area (Å²) in [5, 5.41) is 9.01. The number of unbranched alkanes of at least 4 members (excludes halogenated alkanes) is 8. The standard InChI is InChI=1S/C29H54O4/c1-4-6-8-9-14-21-28(30)33-27(20-11-7-5-2)23-22-26-19-15-18-25(26)17-13-10-12-16-24(3)29(31)32/h24-27H,4-23H2,1-3H3,(H,31,32)/t24?,25-,26+,27-/m0/s1. The fraction of sp³-hybridized carbons (Fsp3) is 0.931. The van der Waals surface area contributed by atoms with E-state index in [1.165, 1.54) is 70.6 Å². The van der Waals surface area contributed by atoms with Crippen LogP contribution in [0, 0.1) is 17.8 Å². The monoisotopic (exact) mass is 466 g/mol. The van der Waals surface area contributed by atoms with Gasteiger partial charge in [0.15, 0.2) is 0 Å². The second-order valence-corrected chi connectivity index (χ2v) is 10.7. The van der Waals surface area contributed by atoms with Gasteiger partial charge in [0.25, 0.3) is 0 Å². The normalized spacial score (nSPS) is 20.0. The highest BCUT2D eigenvalue weighted by atomic mass is 16.5. The van der Waals surface area contributed by atoms with Crippen molar-refractivity contribution in [3.63, 3.8) is 0 Å². The van der Waals surface area contributed by atoms with Crippen LogP contribution < -0.4 is 0 Å². The summed E-state index contributed by atoms with van der Waals surface area (Å²) in [5.41, 5.74) is 0. The van der Waals surface area contributed by atoms with Crippen LogP contribution in [0.2, 0.25) is 0 Å². The highest BCUT2D eigenvalue weighted by Crippen LogP contribution is 2.39. The van der Waals surface area contributed by atoms with E-state index in [1.807, 2.05) is 6.92 Å². The molecule has 4 heteroatoms. The predicted octanol–water partition coefficient (Wildman–Crippen LogP) is 8.71. The van der Waals surface area contributed by atoms with Gasteiger partial charge in [-0.1, -0.05) is 104 Å². The van der Waals surface area contributed by atoms with Crippen molar-refractivity contribution in [3.05, 3.63) is 0 Å². The van der Waals surface area contributed by atoms with Crippen LogP contribution in [0.3, 0.4) is 0 Å². The topological polar surface area (TPSA) is 63.6 Å². The van der Waals surface area contributed by atoms with E-state index in [-0.39, 0.29) is 18.0 Å². The summed E-state index contributed by atoms with van der Waals surface area (Å²) < 4.78 is 5.97. The average molecular weight is 467 g/mol. The lowest BCUT2D eigenvalue weighted by Crippen LogP contribution is -2.20. The molecule has 0 spiro atoms. The lowest BCUT2D eigenvalue weighted by Gasteiger charge is -2.23. The Bertz CT molecular complexity index is 504. The number of hydrogen-bond donors (Lipinski definition) is 1. The van der Waals surface area contributed by atoms with Gasteiger partial charge in [-0.15, -0.1) is 0 Å². The lowest BCUT2D eigenvalue weighted by molar-refractivity contribution is -0.150. The van der Waals surface area contributed by atoms with Crippen LogP contribution in [0.4, 0.5) is 0 Å². The first-order valence-corrected chi connectivity index (χ1v) is 14.4. The number of carboxylic acids is 1. The van der Waals surface area contributed by atoms with Crippen molar-refractivity contribution in [2.45, 2.75) is 155 Å². The minimum absolute atomic E-state index is 0.0200. The van der Waals surface area contributed by atoms with Crippen molar-refractivity contribution in [1.29, 1.82) is 0 Å². The Hall–Kier alpha value is -1.06. The molecule has 0 aromatic rings. The van der Waals surface area contributed by atoms with Crippen molar-refractivity contribution in [1.82, 2.24) is 0 Å². The number of carbonyl (C=O) groups is 2. The smallest absolute Gasteiger partial charge is 0.306 e. The van der Waals surface area contributed by atoms with Crippen LogP contribution in [-0.4, -0.2) is 23.1 Å². The first-order chi connectivity index (χ1) is 16.0. The lowest BCUT2D eigenvalue weighted by atomic mass is 9.86. The Morgan fingerprint density at radius 3 is 2.09 bits per heavy atom. The Labute approximate surface area is 204 Å². The van der Waals surface area contributed by atoms with Gasteiger partial charge in [-0.05, 0) is 50.4 Å². The molecule has 0 aromatic carbocycles. The summed E-state index contributed by atoms with van der Waals surface area (Å²) in [6.07, 6.45) is 22.8. The molecule has 1 rings (SSSR count). The van der Waals surface area contributed by atoms with E-state index in [2.05, 4.69) is 13.8 Å². The molecule has 1 aliphatic rings. The Kier molecular flexibility index (Phi) is 17.5. The number of rotatable bonds is 21. The van der Waals surface area contributed by atoms with Gasteiger partial charge >= 0.3 is 11.9 Å². The Morgan fingerprint density at radius 2 is 1.39 bits per heavy atom. The largest absolute Gasteiger partial charge is 0.481 e. The molecular weight excluding hydrogens is 412 g/mol. The fourth-order valence-electron chi connectivity index (χ4n) is 5.43. The van der Waals surface area contributed by atoms with Gasteiger partial charge in [0.1, 0.15) is 6.10 Å². The minimum Gasteiger partial charge on any atom is -0.481 e. The van der Waals surface area contributed by atoms with Gasteiger partial charge in [-0.2, -0.15) is 0 Å². The molecule has 1 saturated carbocycles. The Balaban J connectivity index is 2.34. The molecule has 0 saturated heterocycles. The number of hydrogen-bond acceptors (Lipinski definition) is 3. The average Bonchev–Trinajstić information content (AvgIpc) is 3.24. The number of carboxylic acid groups (broad SMARTS) is 1.